The lowest BCUT2D eigenvalue weighted by molar-refractivity contribution is 0.366. The average Bonchev–Trinajstić information content (AvgIpc) is 3.11. The number of aromatic nitrogens is 2. The van der Waals surface area contributed by atoms with Crippen LogP contribution in [0.1, 0.15) is 5.56 Å². The van der Waals surface area contributed by atoms with Crippen molar-refractivity contribution in [1.29, 1.82) is 5.26 Å². The lowest BCUT2D eigenvalue weighted by atomic mass is 10.2. The Morgan fingerprint density at radius 3 is 2.96 bits per heavy atom. The molecule has 0 bridgehead atoms. The molecule has 0 fully saturated rings. The molecular formula is C18H10BrN3O2S. The van der Waals surface area contributed by atoms with E-state index in [1.165, 1.54) is 11.3 Å². The number of halogens is 1. The normalized spacial score (nSPS) is 11.9. The molecule has 2 heterocycles. The number of hydrogen-bond donors (Lipinski definition) is 0. The van der Waals surface area contributed by atoms with Crippen LogP contribution in [-0.2, 0) is 0 Å². The molecule has 0 spiro atoms. The number of benzene rings is 2. The summed E-state index contributed by atoms with van der Waals surface area (Å²) in [5.74, 6) is 0.591. The van der Waals surface area contributed by atoms with E-state index in [4.69, 9.17) is 10.00 Å². The minimum Gasteiger partial charge on any atom is -0.478 e. The van der Waals surface area contributed by atoms with Gasteiger partial charge in [-0.2, -0.15) is 5.26 Å². The van der Waals surface area contributed by atoms with Crippen molar-refractivity contribution in [2.24, 2.45) is 0 Å². The number of nitrogens with zero attached hydrogens (tertiary/aromatic N) is 3. The topological polar surface area (TPSA) is 67.4 Å². The predicted octanol–water partition coefficient (Wildman–Crippen LogP) is 3.12. The van der Waals surface area contributed by atoms with Crippen LogP contribution in [0.5, 0.6) is 5.75 Å². The molecule has 0 saturated heterocycles. The molecule has 7 heteroatoms. The largest absolute Gasteiger partial charge is 0.478 e. The summed E-state index contributed by atoms with van der Waals surface area (Å²) in [6.45, 7) is -0.0123. The van der Waals surface area contributed by atoms with E-state index in [0.717, 1.165) is 21.1 Å². The van der Waals surface area contributed by atoms with Crippen LogP contribution in [0.25, 0.3) is 22.1 Å². The zero-order valence-corrected chi connectivity index (χ0v) is 15.2. The number of rotatable bonds is 3. The van der Waals surface area contributed by atoms with Crippen LogP contribution in [0.2, 0.25) is 0 Å². The third-order valence-corrected chi connectivity index (χ3v) is 5.28. The van der Waals surface area contributed by atoms with E-state index in [2.05, 4.69) is 20.9 Å². The number of imidazole rings is 1. The van der Waals surface area contributed by atoms with Crippen LogP contribution in [0, 0.1) is 11.3 Å². The summed E-state index contributed by atoms with van der Waals surface area (Å²) in [5, 5.41) is 8.58. The summed E-state index contributed by atoms with van der Waals surface area (Å²) in [7, 11) is 0. The molecule has 4 rings (SSSR count). The van der Waals surface area contributed by atoms with Crippen molar-refractivity contribution >= 4 is 49.3 Å². The first-order chi connectivity index (χ1) is 12.2. The standard InChI is InChI=1S/C18H10BrN3O2S/c19-12-9-11(5-6-15(12)24-8-7-20)10-16-17(23)22-14-4-2-1-3-13(14)21-18(22)25-16/h1-6,9-10H,8H2. The van der Waals surface area contributed by atoms with Gasteiger partial charge in [-0.1, -0.05) is 29.5 Å². The molecule has 0 N–H and O–H groups in total. The van der Waals surface area contributed by atoms with Gasteiger partial charge in [0, 0.05) is 0 Å². The summed E-state index contributed by atoms with van der Waals surface area (Å²) in [6.07, 6.45) is 1.83. The zero-order valence-electron chi connectivity index (χ0n) is 12.8. The van der Waals surface area contributed by atoms with Crippen LogP contribution in [0.15, 0.2) is 51.7 Å². The highest BCUT2D eigenvalue weighted by molar-refractivity contribution is 9.10. The van der Waals surface area contributed by atoms with Gasteiger partial charge in [-0.15, -0.1) is 0 Å². The molecule has 0 saturated carbocycles. The maximum atomic E-state index is 12.7. The Hall–Kier alpha value is -2.69. The van der Waals surface area contributed by atoms with Crippen LogP contribution in [0.4, 0.5) is 0 Å². The van der Waals surface area contributed by atoms with Gasteiger partial charge in [-0.3, -0.25) is 4.79 Å². The Morgan fingerprint density at radius 1 is 1.32 bits per heavy atom. The van der Waals surface area contributed by atoms with Gasteiger partial charge < -0.3 is 4.74 Å². The lowest BCUT2D eigenvalue weighted by Gasteiger charge is -2.04. The second-order valence-corrected chi connectivity index (χ2v) is 7.13. The van der Waals surface area contributed by atoms with Crippen LogP contribution >= 0.6 is 27.3 Å². The average molecular weight is 412 g/mol. The van der Waals surface area contributed by atoms with Crippen molar-refractivity contribution in [3.05, 3.63) is 67.4 Å². The highest BCUT2D eigenvalue weighted by Gasteiger charge is 2.10. The van der Waals surface area contributed by atoms with E-state index in [1.807, 2.05) is 48.5 Å². The van der Waals surface area contributed by atoms with Gasteiger partial charge in [0.1, 0.15) is 11.8 Å². The molecule has 25 heavy (non-hydrogen) atoms. The van der Waals surface area contributed by atoms with Gasteiger partial charge in [0.05, 0.1) is 20.0 Å². The molecule has 0 aliphatic carbocycles. The zero-order chi connectivity index (χ0) is 17.4. The van der Waals surface area contributed by atoms with E-state index < -0.39 is 0 Å². The number of hydrogen-bond acceptors (Lipinski definition) is 5. The van der Waals surface area contributed by atoms with E-state index >= 15 is 0 Å². The quantitative estimate of drug-likeness (QED) is 0.519. The number of para-hydroxylation sites is 2. The van der Waals surface area contributed by atoms with Crippen LogP contribution in [0.3, 0.4) is 0 Å². The molecule has 0 unspecified atom stereocenters. The highest BCUT2D eigenvalue weighted by atomic mass is 79.9. The van der Waals surface area contributed by atoms with Crippen molar-refractivity contribution in [2.45, 2.75) is 0 Å². The van der Waals surface area contributed by atoms with Crippen molar-refractivity contribution in [2.75, 3.05) is 6.61 Å². The smallest absolute Gasteiger partial charge is 0.274 e. The van der Waals surface area contributed by atoms with Gasteiger partial charge in [-0.05, 0) is 51.8 Å². The Balaban J connectivity index is 1.82. The van der Waals surface area contributed by atoms with Crippen molar-refractivity contribution in [1.82, 2.24) is 9.38 Å². The summed E-state index contributed by atoms with van der Waals surface area (Å²) in [6, 6.07) is 15.0. The summed E-state index contributed by atoms with van der Waals surface area (Å²) in [4.78, 5) is 17.9. The third kappa shape index (κ3) is 2.80. The molecule has 5 nitrogen and oxygen atoms in total. The molecule has 0 aliphatic rings. The fraction of sp³-hybridized carbons (Fsp3) is 0.0556. The number of ether oxygens (including phenoxy) is 1. The van der Waals surface area contributed by atoms with E-state index in [1.54, 1.807) is 10.5 Å². The second-order valence-electron chi connectivity index (χ2n) is 5.27. The summed E-state index contributed by atoms with van der Waals surface area (Å²) < 4.78 is 8.30. The molecule has 0 radical (unpaired) electrons. The lowest BCUT2D eigenvalue weighted by Crippen LogP contribution is -2.22. The van der Waals surface area contributed by atoms with Gasteiger partial charge in [-0.25, -0.2) is 9.38 Å². The van der Waals surface area contributed by atoms with Gasteiger partial charge in [0.15, 0.2) is 11.6 Å². The minimum atomic E-state index is -0.0744. The first-order valence-electron chi connectivity index (χ1n) is 7.38. The van der Waals surface area contributed by atoms with Crippen molar-refractivity contribution < 1.29 is 4.74 Å². The van der Waals surface area contributed by atoms with E-state index in [0.29, 0.717) is 15.2 Å². The van der Waals surface area contributed by atoms with Crippen molar-refractivity contribution in [3.63, 3.8) is 0 Å². The predicted molar refractivity (Wildman–Crippen MR) is 101 cm³/mol. The third-order valence-electron chi connectivity index (χ3n) is 3.69. The molecule has 0 aliphatic heterocycles. The Labute approximate surface area is 154 Å². The van der Waals surface area contributed by atoms with Gasteiger partial charge in [0.25, 0.3) is 5.56 Å². The first-order valence-corrected chi connectivity index (χ1v) is 8.99. The Bertz CT molecular complexity index is 1250. The molecule has 122 valence electrons. The van der Waals surface area contributed by atoms with E-state index in [9.17, 15) is 4.79 Å². The molecule has 0 amide bonds. The second kappa shape index (κ2) is 6.31. The molecule has 2 aromatic carbocycles. The minimum absolute atomic E-state index is 0.0123. The highest BCUT2D eigenvalue weighted by Crippen LogP contribution is 2.26. The number of fused-ring (bicyclic) bond motifs is 3. The monoisotopic (exact) mass is 411 g/mol. The molecule has 4 aromatic rings. The molecule has 0 atom stereocenters. The van der Waals surface area contributed by atoms with Gasteiger partial charge in [0.2, 0.25) is 0 Å². The number of nitriles is 1. The summed E-state index contributed by atoms with van der Waals surface area (Å²) >= 11 is 4.78. The fourth-order valence-corrected chi connectivity index (χ4v) is 4.10. The maximum absolute atomic E-state index is 12.7. The van der Waals surface area contributed by atoms with E-state index in [-0.39, 0.29) is 12.2 Å². The van der Waals surface area contributed by atoms with Crippen molar-refractivity contribution in [3.8, 4) is 11.8 Å². The van der Waals surface area contributed by atoms with Crippen LogP contribution < -0.4 is 14.8 Å². The fourth-order valence-electron chi connectivity index (χ4n) is 2.60. The number of thiazole rings is 1. The molecular weight excluding hydrogens is 402 g/mol. The van der Waals surface area contributed by atoms with Crippen LogP contribution in [-0.4, -0.2) is 16.0 Å². The molecule has 2 aromatic heterocycles. The first kappa shape index (κ1) is 15.8. The van der Waals surface area contributed by atoms with Gasteiger partial charge >= 0.3 is 0 Å². The Kier molecular flexibility index (Phi) is 3.99. The summed E-state index contributed by atoms with van der Waals surface area (Å²) in [5.41, 5.74) is 2.43. The SMILES string of the molecule is N#CCOc1ccc(C=c2sc3nc4ccccc4n3c2=O)cc1Br. The maximum Gasteiger partial charge on any atom is 0.274 e. The Morgan fingerprint density at radius 2 is 2.16 bits per heavy atom.